The Labute approximate surface area is 146 Å². The van der Waals surface area contributed by atoms with Gasteiger partial charge in [-0.15, -0.1) is 12.4 Å². The van der Waals surface area contributed by atoms with E-state index in [-0.39, 0.29) is 34.8 Å². The number of piperidine rings is 1. The smallest absolute Gasteiger partial charge is 0.289 e. The summed E-state index contributed by atoms with van der Waals surface area (Å²) < 4.78 is 27.3. The lowest BCUT2D eigenvalue weighted by Gasteiger charge is -2.23. The van der Waals surface area contributed by atoms with Crippen LogP contribution in [0, 0.1) is 23.0 Å². The molecular weight excluding hydrogens is 365 g/mol. The Morgan fingerprint density at radius 3 is 2.74 bits per heavy atom. The van der Waals surface area contributed by atoms with Gasteiger partial charge in [-0.1, -0.05) is 11.6 Å². The predicted molar refractivity (Wildman–Crippen MR) is 90.9 cm³/mol. The molecule has 1 saturated heterocycles. The standard InChI is InChI=1S/C13H18ClN3O4S.ClH/c1-9-5-11(17(18)19)13(14)12(6-9)22(20,21)16-8-10-3-2-4-15-7-10;/h5-6,10,15-16H,2-4,7-8H2,1H3;1H. The maximum absolute atomic E-state index is 12.4. The third-order valence-electron chi connectivity index (χ3n) is 3.61. The Balaban J connectivity index is 0.00000264. The summed E-state index contributed by atoms with van der Waals surface area (Å²) in [5.41, 5.74) is 0.0668. The summed E-state index contributed by atoms with van der Waals surface area (Å²) >= 11 is 5.91. The Kier molecular flexibility index (Phi) is 7.22. The maximum atomic E-state index is 12.4. The molecule has 2 rings (SSSR count). The number of halogens is 2. The largest absolute Gasteiger partial charge is 0.316 e. The van der Waals surface area contributed by atoms with Crippen molar-refractivity contribution < 1.29 is 13.3 Å². The van der Waals surface area contributed by atoms with Crippen molar-refractivity contribution in [3.05, 3.63) is 32.8 Å². The minimum absolute atomic E-state index is 0. The van der Waals surface area contributed by atoms with Crippen LogP contribution in [0.5, 0.6) is 0 Å². The van der Waals surface area contributed by atoms with Crippen LogP contribution in [0.2, 0.25) is 5.02 Å². The van der Waals surface area contributed by atoms with Crippen molar-refractivity contribution in [2.45, 2.75) is 24.7 Å². The number of nitrogens with one attached hydrogen (secondary N) is 2. The van der Waals surface area contributed by atoms with E-state index in [4.69, 9.17) is 11.6 Å². The highest BCUT2D eigenvalue weighted by molar-refractivity contribution is 7.89. The van der Waals surface area contributed by atoms with Gasteiger partial charge in [0.2, 0.25) is 10.0 Å². The quantitative estimate of drug-likeness (QED) is 0.599. The van der Waals surface area contributed by atoms with Crippen LogP contribution in [-0.4, -0.2) is 33.0 Å². The zero-order chi connectivity index (χ0) is 16.3. The van der Waals surface area contributed by atoms with Crippen LogP contribution in [0.15, 0.2) is 17.0 Å². The third-order valence-corrected chi connectivity index (χ3v) is 5.57. The fourth-order valence-corrected chi connectivity index (χ4v) is 4.22. The number of nitro groups is 1. The normalized spacial score (nSPS) is 18.3. The molecule has 0 radical (unpaired) electrons. The van der Waals surface area contributed by atoms with Crippen LogP contribution in [0.25, 0.3) is 0 Å². The van der Waals surface area contributed by atoms with Gasteiger partial charge < -0.3 is 5.32 Å². The molecule has 7 nitrogen and oxygen atoms in total. The van der Waals surface area contributed by atoms with Crippen molar-refractivity contribution in [1.82, 2.24) is 10.0 Å². The number of hydrogen-bond acceptors (Lipinski definition) is 5. The van der Waals surface area contributed by atoms with E-state index in [0.29, 0.717) is 5.56 Å². The second-order valence-corrected chi connectivity index (χ2v) is 7.53. The van der Waals surface area contributed by atoms with Gasteiger partial charge in [0.15, 0.2) is 0 Å². The predicted octanol–water partition coefficient (Wildman–Crippen LogP) is 2.26. The van der Waals surface area contributed by atoms with Gasteiger partial charge in [0.1, 0.15) is 9.92 Å². The molecule has 10 heteroatoms. The Hall–Kier alpha value is -0.930. The number of nitro benzene ring substituents is 1. The van der Waals surface area contributed by atoms with Gasteiger partial charge in [-0.25, -0.2) is 13.1 Å². The topological polar surface area (TPSA) is 101 Å². The fourth-order valence-electron chi connectivity index (χ4n) is 2.45. The molecule has 2 N–H and O–H groups in total. The van der Waals surface area contributed by atoms with Gasteiger partial charge in [-0.2, -0.15) is 0 Å². The van der Waals surface area contributed by atoms with Crippen LogP contribution in [-0.2, 0) is 10.0 Å². The van der Waals surface area contributed by atoms with Gasteiger partial charge in [-0.3, -0.25) is 10.1 Å². The SMILES string of the molecule is Cc1cc([N+](=O)[O-])c(Cl)c(S(=O)(=O)NCC2CCCNC2)c1.Cl. The summed E-state index contributed by atoms with van der Waals surface area (Å²) in [6.45, 7) is 3.57. The van der Waals surface area contributed by atoms with E-state index < -0.39 is 20.6 Å². The highest BCUT2D eigenvalue weighted by atomic mass is 35.5. The lowest BCUT2D eigenvalue weighted by Crippen LogP contribution is -2.38. The molecular formula is C13H19Cl2N3O4S. The summed E-state index contributed by atoms with van der Waals surface area (Å²) in [4.78, 5) is 10.0. The average Bonchev–Trinajstić information content (AvgIpc) is 2.48. The number of aryl methyl sites for hydroxylation is 1. The lowest BCUT2D eigenvalue weighted by atomic mass is 10.0. The van der Waals surface area contributed by atoms with Gasteiger partial charge >= 0.3 is 0 Å². The summed E-state index contributed by atoms with van der Waals surface area (Å²) in [6, 6.07) is 2.60. The molecule has 0 saturated carbocycles. The molecule has 0 aliphatic carbocycles. The molecule has 1 aromatic carbocycles. The first-order valence-corrected chi connectivity index (χ1v) is 8.82. The molecule has 1 aliphatic rings. The Morgan fingerprint density at radius 1 is 1.48 bits per heavy atom. The third kappa shape index (κ3) is 5.02. The molecule has 1 aromatic rings. The van der Waals surface area contributed by atoms with Crippen LogP contribution in [0.3, 0.4) is 0 Å². The molecule has 1 aliphatic heterocycles. The van der Waals surface area contributed by atoms with Crippen molar-refractivity contribution >= 4 is 39.7 Å². The van der Waals surface area contributed by atoms with Crippen molar-refractivity contribution in [3.8, 4) is 0 Å². The number of nitrogens with zero attached hydrogens (tertiary/aromatic N) is 1. The minimum Gasteiger partial charge on any atom is -0.316 e. The number of sulfonamides is 1. The van der Waals surface area contributed by atoms with Crippen LogP contribution in [0.4, 0.5) is 5.69 Å². The lowest BCUT2D eigenvalue weighted by molar-refractivity contribution is -0.385. The average molecular weight is 384 g/mol. The molecule has 1 fully saturated rings. The van der Waals surface area contributed by atoms with E-state index in [9.17, 15) is 18.5 Å². The van der Waals surface area contributed by atoms with E-state index >= 15 is 0 Å². The monoisotopic (exact) mass is 383 g/mol. The summed E-state index contributed by atoms with van der Waals surface area (Å²) in [6.07, 6.45) is 1.94. The van der Waals surface area contributed by atoms with Crippen LogP contribution in [0.1, 0.15) is 18.4 Å². The summed E-state index contributed by atoms with van der Waals surface area (Å²) in [5.74, 6) is 0.210. The second kappa shape index (κ2) is 8.25. The molecule has 0 bridgehead atoms. The zero-order valence-corrected chi connectivity index (χ0v) is 14.9. The van der Waals surface area contributed by atoms with Gasteiger partial charge in [0.05, 0.1) is 4.92 Å². The maximum Gasteiger partial charge on any atom is 0.289 e. The number of benzene rings is 1. The highest BCUT2D eigenvalue weighted by Crippen LogP contribution is 2.32. The molecule has 0 amide bonds. The van der Waals surface area contributed by atoms with Gasteiger partial charge in [-0.05, 0) is 50.4 Å². The van der Waals surface area contributed by atoms with Crippen molar-refractivity contribution in [1.29, 1.82) is 0 Å². The van der Waals surface area contributed by atoms with Crippen molar-refractivity contribution in [2.75, 3.05) is 19.6 Å². The van der Waals surface area contributed by atoms with Crippen molar-refractivity contribution in [3.63, 3.8) is 0 Å². The molecule has 0 aromatic heterocycles. The molecule has 0 spiro atoms. The summed E-state index contributed by atoms with van der Waals surface area (Å²) in [7, 11) is -3.88. The fraction of sp³-hybridized carbons (Fsp3) is 0.538. The van der Waals surface area contributed by atoms with E-state index in [1.54, 1.807) is 6.92 Å². The van der Waals surface area contributed by atoms with E-state index in [1.165, 1.54) is 12.1 Å². The number of hydrogen-bond donors (Lipinski definition) is 2. The van der Waals surface area contributed by atoms with Crippen LogP contribution >= 0.6 is 24.0 Å². The van der Waals surface area contributed by atoms with Crippen molar-refractivity contribution in [2.24, 2.45) is 5.92 Å². The second-order valence-electron chi connectivity index (χ2n) is 5.42. The van der Waals surface area contributed by atoms with Gasteiger partial charge in [0.25, 0.3) is 5.69 Å². The van der Waals surface area contributed by atoms with E-state index in [0.717, 1.165) is 25.9 Å². The van der Waals surface area contributed by atoms with Gasteiger partial charge in [0, 0.05) is 12.6 Å². The number of rotatable bonds is 5. The molecule has 1 heterocycles. The van der Waals surface area contributed by atoms with E-state index in [2.05, 4.69) is 10.0 Å². The first-order valence-electron chi connectivity index (χ1n) is 6.96. The van der Waals surface area contributed by atoms with Crippen LogP contribution < -0.4 is 10.0 Å². The molecule has 1 atom stereocenters. The first-order chi connectivity index (χ1) is 10.3. The summed E-state index contributed by atoms with van der Waals surface area (Å²) in [5, 5.41) is 13.8. The molecule has 1 unspecified atom stereocenters. The Bertz CT molecular complexity index is 676. The minimum atomic E-state index is -3.88. The Morgan fingerprint density at radius 2 is 2.17 bits per heavy atom. The molecule has 130 valence electrons. The highest BCUT2D eigenvalue weighted by Gasteiger charge is 2.26. The first kappa shape index (κ1) is 20.1. The van der Waals surface area contributed by atoms with E-state index in [1.807, 2.05) is 0 Å². The molecule has 23 heavy (non-hydrogen) atoms. The zero-order valence-electron chi connectivity index (χ0n) is 12.5.